The van der Waals surface area contributed by atoms with Gasteiger partial charge in [0.1, 0.15) is 17.8 Å². The van der Waals surface area contributed by atoms with Gasteiger partial charge in [0.15, 0.2) is 0 Å². The van der Waals surface area contributed by atoms with Gasteiger partial charge in [-0.3, -0.25) is 9.59 Å². The van der Waals surface area contributed by atoms with Crippen molar-refractivity contribution in [1.82, 2.24) is 10.6 Å². The van der Waals surface area contributed by atoms with Crippen LogP contribution in [0.15, 0.2) is 0 Å². The zero-order chi connectivity index (χ0) is 21.2. The Morgan fingerprint density at radius 3 is 2.04 bits per heavy atom. The lowest BCUT2D eigenvalue weighted by Crippen LogP contribution is -2.59. The van der Waals surface area contributed by atoms with Crippen LogP contribution in [0.3, 0.4) is 0 Å². The molecule has 0 unspecified atom stereocenters. The van der Waals surface area contributed by atoms with Gasteiger partial charge in [-0.05, 0) is 40.5 Å². The smallest absolute Gasteiger partial charge is 0.471 e. The standard InChI is InChI=1S/C16H24F4N2O5/c1-8(27-14(2,3)4)10(22-13(26)16(18,19)20)11(23)21-9(12(24)25)7-15(17)5-6-15/h8-10H,5-7H2,1-4H3,(H,21,23)(H,22,26)(H,24,25)/t8-,9+,10+/m1/s1. The predicted molar refractivity (Wildman–Crippen MR) is 85.5 cm³/mol. The zero-order valence-electron chi connectivity index (χ0n) is 15.4. The molecule has 2 amide bonds. The number of halogens is 4. The van der Waals surface area contributed by atoms with Crippen LogP contribution in [0.5, 0.6) is 0 Å². The molecule has 0 heterocycles. The van der Waals surface area contributed by atoms with E-state index in [1.165, 1.54) is 12.2 Å². The van der Waals surface area contributed by atoms with E-state index in [0.717, 1.165) is 0 Å². The minimum atomic E-state index is -5.25. The molecule has 1 aliphatic rings. The molecule has 1 aliphatic carbocycles. The summed E-state index contributed by atoms with van der Waals surface area (Å²) in [5.74, 6) is -5.11. The molecular formula is C16H24F4N2O5. The van der Waals surface area contributed by atoms with E-state index in [4.69, 9.17) is 9.84 Å². The molecule has 3 N–H and O–H groups in total. The topological polar surface area (TPSA) is 105 Å². The highest BCUT2D eigenvalue weighted by Crippen LogP contribution is 2.43. The number of rotatable bonds is 8. The van der Waals surface area contributed by atoms with Crippen LogP contribution in [0.25, 0.3) is 0 Å². The molecule has 0 aliphatic heterocycles. The summed E-state index contributed by atoms with van der Waals surface area (Å²) >= 11 is 0. The molecule has 1 rings (SSSR count). The van der Waals surface area contributed by atoms with Crippen molar-refractivity contribution in [3.05, 3.63) is 0 Å². The maximum Gasteiger partial charge on any atom is 0.471 e. The van der Waals surface area contributed by atoms with Crippen molar-refractivity contribution >= 4 is 17.8 Å². The van der Waals surface area contributed by atoms with Gasteiger partial charge in [0.2, 0.25) is 5.91 Å². The Morgan fingerprint density at radius 1 is 1.15 bits per heavy atom. The minimum absolute atomic E-state index is 0.143. The molecular weight excluding hydrogens is 376 g/mol. The average molecular weight is 400 g/mol. The van der Waals surface area contributed by atoms with E-state index in [1.807, 2.05) is 5.32 Å². The Balaban J connectivity index is 2.95. The van der Waals surface area contributed by atoms with Crippen LogP contribution in [-0.2, 0) is 19.1 Å². The summed E-state index contributed by atoms with van der Waals surface area (Å²) in [6, 6.07) is -3.47. The van der Waals surface area contributed by atoms with E-state index >= 15 is 0 Å². The van der Waals surface area contributed by atoms with E-state index < -0.39 is 59.8 Å². The summed E-state index contributed by atoms with van der Waals surface area (Å²) in [6.07, 6.45) is -6.69. The van der Waals surface area contributed by atoms with E-state index in [-0.39, 0.29) is 12.8 Å². The van der Waals surface area contributed by atoms with E-state index in [1.54, 1.807) is 20.8 Å². The number of aliphatic carboxylic acids is 1. The van der Waals surface area contributed by atoms with Crippen LogP contribution >= 0.6 is 0 Å². The highest BCUT2D eigenvalue weighted by Gasteiger charge is 2.48. The highest BCUT2D eigenvalue weighted by atomic mass is 19.4. The zero-order valence-corrected chi connectivity index (χ0v) is 15.4. The molecule has 27 heavy (non-hydrogen) atoms. The molecule has 156 valence electrons. The second kappa shape index (κ2) is 7.99. The van der Waals surface area contributed by atoms with E-state index in [9.17, 15) is 31.9 Å². The molecule has 1 saturated carbocycles. The molecule has 11 heteroatoms. The summed E-state index contributed by atoms with van der Waals surface area (Å²) < 4.78 is 57.0. The Morgan fingerprint density at radius 2 is 1.67 bits per heavy atom. The number of hydrogen-bond donors (Lipinski definition) is 3. The number of hydrogen-bond acceptors (Lipinski definition) is 4. The lowest BCUT2D eigenvalue weighted by Gasteiger charge is -2.31. The number of amides is 2. The van der Waals surface area contributed by atoms with Crippen molar-refractivity contribution < 1.29 is 41.8 Å². The maximum absolute atomic E-state index is 13.9. The number of ether oxygens (including phenoxy) is 1. The van der Waals surface area contributed by atoms with Gasteiger partial charge in [-0.1, -0.05) is 0 Å². The maximum atomic E-state index is 13.9. The molecule has 1 fully saturated rings. The third kappa shape index (κ3) is 7.69. The summed E-state index contributed by atoms with van der Waals surface area (Å²) in [6.45, 7) is 6.03. The molecule has 0 radical (unpaired) electrons. The first-order valence-electron chi connectivity index (χ1n) is 8.32. The van der Waals surface area contributed by atoms with Crippen molar-refractivity contribution in [2.45, 2.75) is 82.6 Å². The van der Waals surface area contributed by atoms with Crippen LogP contribution in [0, 0.1) is 0 Å². The van der Waals surface area contributed by atoms with E-state index in [0.29, 0.717) is 0 Å². The Bertz CT molecular complexity index is 584. The third-order valence-electron chi connectivity index (χ3n) is 3.81. The molecule has 0 spiro atoms. The van der Waals surface area contributed by atoms with Crippen LogP contribution in [0.1, 0.15) is 47.0 Å². The Hall–Kier alpha value is -1.91. The summed E-state index contributed by atoms with van der Waals surface area (Å²) in [4.78, 5) is 34.9. The van der Waals surface area contributed by atoms with Gasteiger partial charge in [0.05, 0.1) is 11.7 Å². The summed E-state index contributed by atoms with van der Waals surface area (Å²) in [5.41, 5.74) is -2.57. The van der Waals surface area contributed by atoms with Gasteiger partial charge < -0.3 is 20.5 Å². The molecule has 3 atom stereocenters. The van der Waals surface area contributed by atoms with Crippen molar-refractivity contribution in [3.63, 3.8) is 0 Å². The van der Waals surface area contributed by atoms with Crippen LogP contribution in [0.4, 0.5) is 17.6 Å². The first-order valence-corrected chi connectivity index (χ1v) is 8.32. The normalized spacial score (nSPS) is 19.6. The first kappa shape index (κ1) is 23.1. The second-order valence-corrected chi connectivity index (χ2v) is 7.64. The lowest BCUT2D eigenvalue weighted by atomic mass is 10.1. The molecule has 0 bridgehead atoms. The molecule has 0 saturated heterocycles. The second-order valence-electron chi connectivity index (χ2n) is 7.64. The predicted octanol–water partition coefficient (Wildman–Crippen LogP) is 1.70. The minimum Gasteiger partial charge on any atom is -0.480 e. The SMILES string of the molecule is C[C@@H](OC(C)(C)C)[C@H](NC(=O)C(F)(F)F)C(=O)N[C@@H](CC1(F)CC1)C(=O)O. The number of nitrogens with one attached hydrogen (secondary N) is 2. The fourth-order valence-electron chi connectivity index (χ4n) is 2.41. The number of carboxylic acids is 1. The largest absolute Gasteiger partial charge is 0.480 e. The van der Waals surface area contributed by atoms with Crippen molar-refractivity contribution in [1.29, 1.82) is 0 Å². The highest BCUT2D eigenvalue weighted by molar-refractivity contribution is 5.92. The first-order chi connectivity index (χ1) is 12.0. The third-order valence-corrected chi connectivity index (χ3v) is 3.81. The van der Waals surface area contributed by atoms with Gasteiger partial charge >= 0.3 is 18.1 Å². The van der Waals surface area contributed by atoms with Crippen molar-refractivity contribution in [2.75, 3.05) is 0 Å². The molecule has 0 aromatic rings. The van der Waals surface area contributed by atoms with Gasteiger partial charge in [-0.25, -0.2) is 9.18 Å². The van der Waals surface area contributed by atoms with Crippen molar-refractivity contribution in [2.24, 2.45) is 0 Å². The number of carbonyl (C=O) groups is 3. The monoisotopic (exact) mass is 400 g/mol. The van der Waals surface area contributed by atoms with Gasteiger partial charge in [-0.15, -0.1) is 0 Å². The van der Waals surface area contributed by atoms with Gasteiger partial charge in [0.25, 0.3) is 0 Å². The fraction of sp³-hybridized carbons (Fsp3) is 0.812. The molecule has 0 aromatic heterocycles. The number of carbonyl (C=O) groups excluding carboxylic acids is 2. The lowest BCUT2D eigenvalue weighted by molar-refractivity contribution is -0.176. The average Bonchev–Trinajstić information content (AvgIpc) is 3.17. The summed E-state index contributed by atoms with van der Waals surface area (Å²) in [7, 11) is 0. The number of carboxylic acid groups (broad SMARTS) is 1. The van der Waals surface area contributed by atoms with Gasteiger partial charge in [-0.2, -0.15) is 13.2 Å². The Kier molecular flexibility index (Phi) is 6.85. The van der Waals surface area contributed by atoms with Crippen molar-refractivity contribution in [3.8, 4) is 0 Å². The summed E-state index contributed by atoms with van der Waals surface area (Å²) in [5, 5.41) is 12.7. The van der Waals surface area contributed by atoms with Gasteiger partial charge in [0, 0.05) is 6.42 Å². The Labute approximate surface area is 153 Å². The fourth-order valence-corrected chi connectivity index (χ4v) is 2.41. The quantitative estimate of drug-likeness (QED) is 0.538. The molecule has 7 nitrogen and oxygen atoms in total. The van der Waals surface area contributed by atoms with Crippen LogP contribution in [0.2, 0.25) is 0 Å². The van der Waals surface area contributed by atoms with Crippen LogP contribution in [-0.4, -0.2) is 58.5 Å². The molecule has 0 aromatic carbocycles. The van der Waals surface area contributed by atoms with E-state index in [2.05, 4.69) is 0 Å². The number of alkyl halides is 4. The van der Waals surface area contributed by atoms with Crippen LogP contribution < -0.4 is 10.6 Å².